The lowest BCUT2D eigenvalue weighted by Crippen LogP contribution is -2.33. The Bertz CT molecular complexity index is 752. The predicted octanol–water partition coefficient (Wildman–Crippen LogP) is -0.368. The molecule has 0 amide bonds. The lowest BCUT2D eigenvalue weighted by atomic mass is 10.1. The van der Waals surface area contributed by atoms with Gasteiger partial charge in [-0.15, -0.1) is 0 Å². The van der Waals surface area contributed by atoms with Crippen molar-refractivity contribution >= 4 is 17.0 Å². The number of anilines is 1. The number of nitrogens with zero attached hydrogens (tertiary/aromatic N) is 4. The highest BCUT2D eigenvalue weighted by Crippen LogP contribution is 2.32. The van der Waals surface area contributed by atoms with E-state index < -0.39 is 24.5 Å². The van der Waals surface area contributed by atoms with Gasteiger partial charge in [-0.05, 0) is 0 Å². The van der Waals surface area contributed by atoms with Crippen LogP contribution in [0.5, 0.6) is 0 Å². The zero-order chi connectivity index (χ0) is 18.8. The fourth-order valence-electron chi connectivity index (χ4n) is 2.96. The van der Waals surface area contributed by atoms with Crippen LogP contribution in [0.1, 0.15) is 25.9 Å². The quantitative estimate of drug-likeness (QED) is 0.519. The van der Waals surface area contributed by atoms with Crippen molar-refractivity contribution in [1.82, 2.24) is 24.8 Å². The number of imidazole rings is 1. The Morgan fingerprint density at radius 1 is 1.31 bits per heavy atom. The van der Waals surface area contributed by atoms with E-state index >= 15 is 0 Å². The third-order valence-corrected chi connectivity index (χ3v) is 4.32. The summed E-state index contributed by atoms with van der Waals surface area (Å²) in [5.41, 5.74) is 1.10. The van der Waals surface area contributed by atoms with Crippen LogP contribution in [0, 0.1) is 0 Å². The summed E-state index contributed by atoms with van der Waals surface area (Å²) in [7, 11) is 3.28. The van der Waals surface area contributed by atoms with Crippen LogP contribution in [0.25, 0.3) is 11.2 Å². The monoisotopic (exact) mass is 366 g/mol. The predicted molar refractivity (Wildman–Crippen MR) is 94.6 cm³/mol. The Morgan fingerprint density at radius 2 is 2.08 bits per heavy atom. The van der Waals surface area contributed by atoms with E-state index in [0.29, 0.717) is 35.4 Å². The number of aromatic nitrogens is 4. The first-order valence-corrected chi connectivity index (χ1v) is 8.61. The number of aliphatic hydroxyl groups excluding tert-OH is 2. The van der Waals surface area contributed by atoms with E-state index in [4.69, 9.17) is 9.47 Å². The minimum absolute atomic E-state index is 0.182. The maximum absolute atomic E-state index is 10.4. The van der Waals surface area contributed by atoms with Crippen LogP contribution >= 0.6 is 0 Å². The highest BCUT2D eigenvalue weighted by Gasteiger charge is 2.44. The van der Waals surface area contributed by atoms with Gasteiger partial charge in [0.25, 0.3) is 0 Å². The molecule has 26 heavy (non-hydrogen) atoms. The Hall–Kier alpha value is -1.85. The highest BCUT2D eigenvalue weighted by molar-refractivity contribution is 5.83. The van der Waals surface area contributed by atoms with E-state index in [9.17, 15) is 10.2 Å². The van der Waals surface area contributed by atoms with Crippen LogP contribution in [-0.4, -0.2) is 74.9 Å². The fraction of sp³-hybridized carbons (Fsp3) is 0.688. The van der Waals surface area contributed by atoms with Gasteiger partial charge in [0.1, 0.15) is 24.1 Å². The summed E-state index contributed by atoms with van der Waals surface area (Å²) in [5.74, 6) is 1.19. The number of hydrogen-bond donors (Lipinski definition) is 4. The molecule has 4 atom stereocenters. The third kappa shape index (κ3) is 3.51. The summed E-state index contributed by atoms with van der Waals surface area (Å²) >= 11 is 0. The standard InChI is InChI=1S/C16H26N6O4/c1-8(2)18-5-10-20-14(17-3)11-15(21-10)22(7-19-11)16-13(24)12(23)9(26-16)6-25-4/h7-9,12-13,16,18,23-24H,5-6H2,1-4H3,(H,17,20,21)/t9-,12-,13-,16-/m1/s1. The van der Waals surface area contributed by atoms with Crippen molar-refractivity contribution in [3.05, 3.63) is 12.2 Å². The summed E-state index contributed by atoms with van der Waals surface area (Å²) in [6.07, 6.45) is -2.05. The van der Waals surface area contributed by atoms with Gasteiger partial charge in [0, 0.05) is 20.2 Å². The Labute approximate surface area is 151 Å². The van der Waals surface area contributed by atoms with Crippen LogP contribution in [0.4, 0.5) is 5.82 Å². The Morgan fingerprint density at radius 3 is 2.73 bits per heavy atom. The van der Waals surface area contributed by atoms with Gasteiger partial charge in [-0.2, -0.15) is 0 Å². The molecule has 4 N–H and O–H groups in total. The maximum atomic E-state index is 10.4. The number of aliphatic hydroxyl groups is 2. The smallest absolute Gasteiger partial charge is 0.168 e. The second-order valence-electron chi connectivity index (χ2n) is 6.60. The normalized spacial score (nSPS) is 26.1. The number of hydrogen-bond acceptors (Lipinski definition) is 9. The van der Waals surface area contributed by atoms with E-state index in [1.165, 1.54) is 13.4 Å². The van der Waals surface area contributed by atoms with Crippen molar-refractivity contribution < 1.29 is 19.7 Å². The van der Waals surface area contributed by atoms with Gasteiger partial charge >= 0.3 is 0 Å². The highest BCUT2D eigenvalue weighted by atomic mass is 16.6. The summed E-state index contributed by atoms with van der Waals surface area (Å²) in [6.45, 7) is 4.77. The molecule has 0 aromatic carbocycles. The average molecular weight is 366 g/mol. The topological polar surface area (TPSA) is 127 Å². The molecule has 144 valence electrons. The molecule has 0 bridgehead atoms. The zero-order valence-electron chi connectivity index (χ0n) is 15.4. The van der Waals surface area contributed by atoms with Gasteiger partial charge in [0.15, 0.2) is 23.2 Å². The minimum Gasteiger partial charge on any atom is -0.387 e. The van der Waals surface area contributed by atoms with Gasteiger partial charge in [-0.1, -0.05) is 13.8 Å². The van der Waals surface area contributed by atoms with Gasteiger partial charge in [-0.25, -0.2) is 15.0 Å². The summed E-state index contributed by atoms with van der Waals surface area (Å²) < 4.78 is 12.5. The molecule has 0 radical (unpaired) electrons. The molecule has 10 nitrogen and oxygen atoms in total. The van der Waals surface area contributed by atoms with Crippen LogP contribution in [0.15, 0.2) is 6.33 Å². The van der Waals surface area contributed by atoms with Gasteiger partial charge < -0.3 is 30.3 Å². The summed E-state index contributed by atoms with van der Waals surface area (Å²) in [6, 6.07) is 0.294. The Balaban J connectivity index is 1.97. The van der Waals surface area contributed by atoms with Gasteiger partial charge in [0.2, 0.25) is 0 Å². The van der Waals surface area contributed by atoms with Crippen molar-refractivity contribution in [3.63, 3.8) is 0 Å². The average Bonchev–Trinajstić information content (AvgIpc) is 3.15. The maximum Gasteiger partial charge on any atom is 0.168 e. The van der Waals surface area contributed by atoms with Crippen molar-refractivity contribution in [2.24, 2.45) is 0 Å². The molecule has 0 saturated carbocycles. The molecule has 1 aliphatic heterocycles. The largest absolute Gasteiger partial charge is 0.387 e. The van der Waals surface area contributed by atoms with Crippen LogP contribution in [0.3, 0.4) is 0 Å². The minimum atomic E-state index is -1.11. The molecule has 3 rings (SSSR count). The van der Waals surface area contributed by atoms with Crippen molar-refractivity contribution in [1.29, 1.82) is 0 Å². The first kappa shape index (κ1) is 18.9. The number of methoxy groups -OCH3 is 1. The van der Waals surface area contributed by atoms with Crippen molar-refractivity contribution in [3.8, 4) is 0 Å². The molecule has 1 fully saturated rings. The van der Waals surface area contributed by atoms with Gasteiger partial charge in [-0.3, -0.25) is 4.57 Å². The second kappa shape index (κ2) is 7.80. The molecule has 0 aliphatic carbocycles. The summed E-state index contributed by atoms with van der Waals surface area (Å²) in [5, 5.41) is 26.9. The van der Waals surface area contributed by atoms with E-state index in [2.05, 4.69) is 25.6 Å². The lowest BCUT2D eigenvalue weighted by Gasteiger charge is -2.17. The van der Waals surface area contributed by atoms with Gasteiger partial charge in [0.05, 0.1) is 19.5 Å². The van der Waals surface area contributed by atoms with E-state index in [0.717, 1.165) is 0 Å². The molecular formula is C16H26N6O4. The first-order chi connectivity index (χ1) is 12.5. The van der Waals surface area contributed by atoms with Crippen LogP contribution in [0.2, 0.25) is 0 Å². The summed E-state index contributed by atoms with van der Waals surface area (Å²) in [4.78, 5) is 13.4. The van der Waals surface area contributed by atoms with Crippen LogP contribution in [-0.2, 0) is 16.0 Å². The molecule has 3 heterocycles. The zero-order valence-corrected chi connectivity index (χ0v) is 15.4. The third-order valence-electron chi connectivity index (χ3n) is 4.32. The number of ether oxygens (including phenoxy) is 2. The van der Waals surface area contributed by atoms with Crippen molar-refractivity contribution in [2.75, 3.05) is 26.1 Å². The molecule has 0 spiro atoms. The Kier molecular flexibility index (Phi) is 5.68. The number of fused-ring (bicyclic) bond motifs is 1. The number of rotatable bonds is 7. The second-order valence-corrected chi connectivity index (χ2v) is 6.60. The van der Waals surface area contributed by atoms with E-state index in [-0.39, 0.29) is 6.61 Å². The molecular weight excluding hydrogens is 340 g/mol. The molecule has 0 unspecified atom stereocenters. The molecule has 1 aliphatic rings. The fourth-order valence-corrected chi connectivity index (χ4v) is 2.96. The lowest BCUT2D eigenvalue weighted by molar-refractivity contribution is -0.0580. The van der Waals surface area contributed by atoms with Crippen molar-refractivity contribution in [2.45, 2.75) is 51.0 Å². The molecule has 10 heteroatoms. The number of nitrogens with one attached hydrogen (secondary N) is 2. The van der Waals surface area contributed by atoms with Crippen LogP contribution < -0.4 is 10.6 Å². The first-order valence-electron chi connectivity index (χ1n) is 8.61. The molecule has 2 aromatic heterocycles. The molecule has 1 saturated heterocycles. The SMILES string of the molecule is CNc1nc(CNC(C)C)nc2c1ncn2[C@@H]1O[C@H](COC)[C@@H](O)[C@H]1O. The van der Waals surface area contributed by atoms with E-state index in [1.54, 1.807) is 11.6 Å². The van der Waals surface area contributed by atoms with E-state index in [1.807, 2.05) is 13.8 Å². The molecule has 2 aromatic rings.